The summed E-state index contributed by atoms with van der Waals surface area (Å²) in [6, 6.07) is 0.107. The van der Waals surface area contributed by atoms with Crippen LogP contribution >= 0.6 is 0 Å². The second-order valence-corrected chi connectivity index (χ2v) is 9.63. The number of hydrogen-bond acceptors (Lipinski definition) is 4. The summed E-state index contributed by atoms with van der Waals surface area (Å²) in [5, 5.41) is 0. The zero-order valence-corrected chi connectivity index (χ0v) is 13.8. The minimum Gasteiger partial charge on any atom is -0.328 e. The molecular formula is C15H26N2O3S. The van der Waals surface area contributed by atoms with E-state index in [0.29, 0.717) is 38.3 Å². The second-order valence-electron chi connectivity index (χ2n) is 7.66. The number of carbonyl (C=O) groups is 1. The molecule has 0 unspecified atom stereocenters. The number of fused-ring (bicyclic) bond motifs is 2. The Morgan fingerprint density at radius 1 is 1.24 bits per heavy atom. The summed E-state index contributed by atoms with van der Waals surface area (Å²) in [5.41, 5.74) is 5.00. The predicted octanol–water partition coefficient (Wildman–Crippen LogP) is 1.13. The van der Waals surface area contributed by atoms with Crippen LogP contribution in [0.15, 0.2) is 0 Å². The highest BCUT2D eigenvalue weighted by Crippen LogP contribution is 2.64. The summed E-state index contributed by atoms with van der Waals surface area (Å²) in [6.45, 7) is 5.16. The van der Waals surface area contributed by atoms with Crippen LogP contribution in [0.1, 0.15) is 46.0 Å². The van der Waals surface area contributed by atoms with Gasteiger partial charge >= 0.3 is 0 Å². The average Bonchev–Trinajstić information content (AvgIpc) is 2.72. The lowest BCUT2D eigenvalue weighted by Crippen LogP contribution is -2.49. The van der Waals surface area contributed by atoms with Crippen LogP contribution < -0.4 is 5.73 Å². The highest BCUT2D eigenvalue weighted by Gasteiger charge is 2.65. The van der Waals surface area contributed by atoms with E-state index in [2.05, 4.69) is 13.8 Å². The molecule has 2 saturated carbocycles. The lowest BCUT2D eigenvalue weighted by Gasteiger charge is -2.38. The SMILES string of the molecule is CC1(C)[C@H]2CC[C@@]1(CS(=O)(=O)N1CCC(N)CC1)C(=O)C2. The normalized spacial score (nSPS) is 37.3. The molecule has 2 N–H and O–H groups in total. The first-order valence-corrected chi connectivity index (χ1v) is 9.57. The number of Topliss-reactive ketones (excluding diaryl/α,β-unsaturated/α-hetero) is 1. The van der Waals surface area contributed by atoms with Gasteiger partial charge in [0.2, 0.25) is 10.0 Å². The van der Waals surface area contributed by atoms with Gasteiger partial charge in [-0.2, -0.15) is 0 Å². The molecule has 6 heteroatoms. The molecule has 0 aromatic carbocycles. The van der Waals surface area contributed by atoms with Gasteiger partial charge in [-0.25, -0.2) is 12.7 Å². The first-order valence-electron chi connectivity index (χ1n) is 7.96. The molecule has 3 aliphatic rings. The van der Waals surface area contributed by atoms with Crippen molar-refractivity contribution in [1.29, 1.82) is 0 Å². The highest BCUT2D eigenvalue weighted by atomic mass is 32.2. The summed E-state index contributed by atoms with van der Waals surface area (Å²) in [4.78, 5) is 12.5. The number of nitrogens with two attached hydrogens (primary N) is 1. The second kappa shape index (κ2) is 4.77. The average molecular weight is 314 g/mol. The maximum atomic E-state index is 12.8. The molecule has 2 aliphatic carbocycles. The lowest BCUT2D eigenvalue weighted by molar-refractivity contribution is -0.128. The maximum Gasteiger partial charge on any atom is 0.215 e. The molecular weight excluding hydrogens is 288 g/mol. The summed E-state index contributed by atoms with van der Waals surface area (Å²) >= 11 is 0. The Kier molecular flexibility index (Phi) is 3.50. The van der Waals surface area contributed by atoms with Gasteiger partial charge in [-0.15, -0.1) is 0 Å². The van der Waals surface area contributed by atoms with Gasteiger partial charge in [0.05, 0.1) is 5.75 Å². The van der Waals surface area contributed by atoms with E-state index in [9.17, 15) is 13.2 Å². The number of nitrogens with zero attached hydrogens (tertiary/aromatic N) is 1. The van der Waals surface area contributed by atoms with Crippen molar-refractivity contribution in [3.63, 3.8) is 0 Å². The quantitative estimate of drug-likeness (QED) is 0.847. The van der Waals surface area contributed by atoms with Crippen molar-refractivity contribution < 1.29 is 13.2 Å². The van der Waals surface area contributed by atoms with Gasteiger partial charge in [-0.05, 0) is 37.0 Å². The zero-order chi connectivity index (χ0) is 15.5. The van der Waals surface area contributed by atoms with E-state index < -0.39 is 15.4 Å². The Morgan fingerprint density at radius 3 is 2.33 bits per heavy atom. The van der Waals surface area contributed by atoms with Crippen molar-refractivity contribution in [2.24, 2.45) is 22.5 Å². The number of sulfonamides is 1. The number of rotatable bonds is 3. The highest BCUT2D eigenvalue weighted by molar-refractivity contribution is 7.89. The first kappa shape index (κ1) is 15.4. The van der Waals surface area contributed by atoms with Gasteiger partial charge in [0.25, 0.3) is 0 Å². The number of carbonyl (C=O) groups excluding carboxylic acids is 1. The van der Waals surface area contributed by atoms with Gasteiger partial charge in [0.15, 0.2) is 0 Å². The summed E-state index contributed by atoms with van der Waals surface area (Å²) in [5.74, 6) is 0.522. The zero-order valence-electron chi connectivity index (χ0n) is 13.0. The van der Waals surface area contributed by atoms with E-state index in [1.54, 1.807) is 4.31 Å². The van der Waals surface area contributed by atoms with E-state index in [4.69, 9.17) is 5.73 Å². The standard InChI is InChI=1S/C15H26N2O3S/c1-14(2)11-3-6-15(14,13(18)9-11)10-21(19,20)17-7-4-12(16)5-8-17/h11-12H,3-10,16H2,1-2H3/t11-,15+/m0/s1. The molecule has 0 radical (unpaired) electrons. The van der Waals surface area contributed by atoms with Crippen molar-refractivity contribution in [3.8, 4) is 0 Å². The molecule has 1 heterocycles. The Balaban J connectivity index is 1.83. The third-order valence-corrected chi connectivity index (χ3v) is 8.47. The van der Waals surface area contributed by atoms with Gasteiger partial charge in [0.1, 0.15) is 5.78 Å². The maximum absolute atomic E-state index is 12.8. The molecule has 5 nitrogen and oxygen atoms in total. The Hall–Kier alpha value is -0.460. The van der Waals surface area contributed by atoms with Crippen LogP contribution in [0.2, 0.25) is 0 Å². The fourth-order valence-electron chi connectivity index (χ4n) is 4.66. The fourth-order valence-corrected chi connectivity index (χ4v) is 6.91. The summed E-state index contributed by atoms with van der Waals surface area (Å²) < 4.78 is 27.1. The van der Waals surface area contributed by atoms with Crippen molar-refractivity contribution >= 4 is 15.8 Å². The smallest absolute Gasteiger partial charge is 0.215 e. The molecule has 0 spiro atoms. The monoisotopic (exact) mass is 314 g/mol. The lowest BCUT2D eigenvalue weighted by atomic mass is 9.70. The van der Waals surface area contributed by atoms with Crippen LogP contribution in [0, 0.1) is 16.7 Å². The van der Waals surface area contributed by atoms with Gasteiger partial charge in [-0.1, -0.05) is 13.8 Å². The third kappa shape index (κ3) is 2.18. The largest absolute Gasteiger partial charge is 0.328 e. The predicted molar refractivity (Wildman–Crippen MR) is 81.1 cm³/mol. The van der Waals surface area contributed by atoms with Crippen LogP contribution in [0.4, 0.5) is 0 Å². The van der Waals surface area contributed by atoms with E-state index in [0.717, 1.165) is 12.8 Å². The fraction of sp³-hybridized carbons (Fsp3) is 0.933. The Morgan fingerprint density at radius 2 is 1.86 bits per heavy atom. The molecule has 120 valence electrons. The molecule has 21 heavy (non-hydrogen) atoms. The summed E-state index contributed by atoms with van der Waals surface area (Å²) in [6.07, 6.45) is 3.71. The van der Waals surface area contributed by atoms with Crippen LogP contribution in [-0.4, -0.2) is 43.4 Å². The Labute approximate surface area is 127 Å². The molecule has 3 fully saturated rings. The first-order chi connectivity index (χ1) is 9.69. The van der Waals surface area contributed by atoms with E-state index in [1.807, 2.05) is 0 Å². The minimum atomic E-state index is -3.38. The molecule has 0 amide bonds. The molecule has 1 aliphatic heterocycles. The van der Waals surface area contributed by atoms with Gasteiger partial charge in [-0.3, -0.25) is 4.79 Å². The number of piperidine rings is 1. The third-order valence-electron chi connectivity index (χ3n) is 6.46. The number of ketones is 1. The van der Waals surface area contributed by atoms with Crippen LogP contribution in [0.5, 0.6) is 0 Å². The Bertz CT molecular complexity index is 549. The molecule has 2 bridgehead atoms. The van der Waals surface area contributed by atoms with Crippen molar-refractivity contribution in [1.82, 2.24) is 4.31 Å². The van der Waals surface area contributed by atoms with E-state index >= 15 is 0 Å². The van der Waals surface area contributed by atoms with Gasteiger partial charge < -0.3 is 5.73 Å². The van der Waals surface area contributed by atoms with Crippen molar-refractivity contribution in [2.45, 2.75) is 52.0 Å². The van der Waals surface area contributed by atoms with E-state index in [1.165, 1.54) is 0 Å². The van der Waals surface area contributed by atoms with Gasteiger partial charge in [0, 0.05) is 31.0 Å². The molecule has 0 aromatic rings. The van der Waals surface area contributed by atoms with Crippen LogP contribution in [0.3, 0.4) is 0 Å². The number of hydrogen-bond donors (Lipinski definition) is 1. The van der Waals surface area contributed by atoms with Crippen LogP contribution in [0.25, 0.3) is 0 Å². The summed E-state index contributed by atoms with van der Waals surface area (Å²) in [7, 11) is -3.38. The molecule has 2 atom stereocenters. The molecule has 1 saturated heterocycles. The minimum absolute atomic E-state index is 0.00241. The van der Waals surface area contributed by atoms with Crippen molar-refractivity contribution in [2.75, 3.05) is 18.8 Å². The van der Waals surface area contributed by atoms with Crippen LogP contribution in [-0.2, 0) is 14.8 Å². The molecule has 0 aromatic heterocycles. The van der Waals surface area contributed by atoms with Crippen molar-refractivity contribution in [3.05, 3.63) is 0 Å². The van der Waals surface area contributed by atoms with E-state index in [-0.39, 0.29) is 23.0 Å². The molecule has 3 rings (SSSR count). The topological polar surface area (TPSA) is 80.5 Å².